The smallest absolute Gasteiger partial charge is 0.347 e. The molecule has 0 aliphatic carbocycles. The summed E-state index contributed by atoms with van der Waals surface area (Å²) >= 11 is 2.40. The number of hydrogen-bond acceptors (Lipinski definition) is 5. The first-order chi connectivity index (χ1) is 9.93. The molecular formula is C14H22N2O3S2. The maximum Gasteiger partial charge on any atom is 0.347 e. The average molecular weight is 330 g/mol. The lowest BCUT2D eigenvalue weighted by molar-refractivity contribution is -0.119. The largest absolute Gasteiger partial charge is 0.477 e. The van der Waals surface area contributed by atoms with E-state index in [2.05, 4.69) is 17.2 Å². The van der Waals surface area contributed by atoms with Crippen LogP contribution in [-0.4, -0.2) is 33.8 Å². The van der Waals surface area contributed by atoms with Gasteiger partial charge < -0.3 is 10.4 Å². The SMILES string of the molecule is CCCCCC(C)NC(=O)CSc1nc(C)c(C(=O)O)s1. The zero-order valence-electron chi connectivity index (χ0n) is 12.6. The Morgan fingerprint density at radius 2 is 2.14 bits per heavy atom. The molecule has 5 nitrogen and oxygen atoms in total. The Morgan fingerprint density at radius 3 is 2.71 bits per heavy atom. The van der Waals surface area contributed by atoms with Crippen molar-refractivity contribution in [3.63, 3.8) is 0 Å². The molecule has 1 aromatic heterocycles. The van der Waals surface area contributed by atoms with Crippen molar-refractivity contribution in [2.75, 3.05) is 5.75 Å². The van der Waals surface area contributed by atoms with Crippen molar-refractivity contribution in [2.24, 2.45) is 0 Å². The number of hydrogen-bond donors (Lipinski definition) is 2. The van der Waals surface area contributed by atoms with Crippen molar-refractivity contribution in [3.05, 3.63) is 10.6 Å². The van der Waals surface area contributed by atoms with Gasteiger partial charge in [-0.25, -0.2) is 9.78 Å². The highest BCUT2D eigenvalue weighted by Crippen LogP contribution is 2.26. The second-order valence-corrected chi connectivity index (χ2v) is 7.17. The fraction of sp³-hybridized carbons (Fsp3) is 0.643. The molecule has 1 amide bonds. The second-order valence-electron chi connectivity index (χ2n) is 4.95. The number of rotatable bonds is 9. The Bertz CT molecular complexity index is 489. The molecule has 1 unspecified atom stereocenters. The van der Waals surface area contributed by atoms with Crippen molar-refractivity contribution in [2.45, 2.75) is 56.8 Å². The lowest BCUT2D eigenvalue weighted by Gasteiger charge is -2.12. The van der Waals surface area contributed by atoms with Gasteiger partial charge in [-0.15, -0.1) is 11.3 Å². The summed E-state index contributed by atoms with van der Waals surface area (Å²) in [5.74, 6) is -0.732. The summed E-state index contributed by atoms with van der Waals surface area (Å²) < 4.78 is 0.624. The number of aromatic carboxylic acids is 1. The fourth-order valence-corrected chi connectivity index (χ4v) is 3.69. The molecule has 1 atom stereocenters. The molecule has 0 radical (unpaired) electrons. The first kappa shape index (κ1) is 18.0. The summed E-state index contributed by atoms with van der Waals surface area (Å²) in [6, 6.07) is 0.178. The first-order valence-corrected chi connectivity index (χ1v) is 8.87. The molecule has 0 aliphatic heterocycles. The van der Waals surface area contributed by atoms with Crippen molar-refractivity contribution >= 4 is 35.0 Å². The maximum absolute atomic E-state index is 11.8. The predicted molar refractivity (Wildman–Crippen MR) is 86.3 cm³/mol. The van der Waals surface area contributed by atoms with E-state index in [0.717, 1.165) is 24.2 Å². The number of thioether (sulfide) groups is 1. The Labute approximate surface area is 133 Å². The molecule has 118 valence electrons. The van der Waals surface area contributed by atoms with E-state index in [1.54, 1.807) is 6.92 Å². The second kappa shape index (κ2) is 9.04. The quantitative estimate of drug-likeness (QED) is 0.536. The highest BCUT2D eigenvalue weighted by atomic mass is 32.2. The third-order valence-corrected chi connectivity index (χ3v) is 5.23. The van der Waals surface area contributed by atoms with Crippen LogP contribution in [0.25, 0.3) is 0 Å². The Hall–Kier alpha value is -1.08. The number of carboxylic acids is 1. The van der Waals surface area contributed by atoms with E-state index in [1.807, 2.05) is 6.92 Å². The summed E-state index contributed by atoms with van der Waals surface area (Å²) in [5, 5.41) is 11.9. The Balaban J connectivity index is 2.36. The van der Waals surface area contributed by atoms with Gasteiger partial charge in [-0.3, -0.25) is 4.79 Å². The summed E-state index contributed by atoms with van der Waals surface area (Å²) in [6.45, 7) is 5.83. The topological polar surface area (TPSA) is 79.3 Å². The number of carbonyl (C=O) groups is 2. The number of aromatic nitrogens is 1. The Kier molecular flexibility index (Phi) is 7.74. The van der Waals surface area contributed by atoms with Crippen LogP contribution in [0.15, 0.2) is 4.34 Å². The minimum absolute atomic E-state index is 0.0336. The van der Waals surface area contributed by atoms with Gasteiger partial charge in [0.25, 0.3) is 0 Å². The van der Waals surface area contributed by atoms with Gasteiger partial charge in [0.15, 0.2) is 4.34 Å². The molecule has 0 fully saturated rings. The van der Waals surface area contributed by atoms with Gasteiger partial charge in [0.1, 0.15) is 4.88 Å². The molecule has 0 aromatic carbocycles. The summed E-state index contributed by atoms with van der Waals surface area (Å²) in [7, 11) is 0. The molecule has 2 N–H and O–H groups in total. The first-order valence-electron chi connectivity index (χ1n) is 7.07. The minimum atomic E-state index is -0.967. The highest BCUT2D eigenvalue weighted by Gasteiger charge is 2.15. The summed E-state index contributed by atoms with van der Waals surface area (Å²) in [6.07, 6.45) is 4.47. The molecular weight excluding hydrogens is 308 g/mol. The molecule has 0 spiro atoms. The van der Waals surface area contributed by atoms with Crippen LogP contribution in [0.5, 0.6) is 0 Å². The number of nitrogens with zero attached hydrogens (tertiary/aromatic N) is 1. The number of amides is 1. The van der Waals surface area contributed by atoms with Crippen molar-refractivity contribution in [1.82, 2.24) is 10.3 Å². The monoisotopic (exact) mass is 330 g/mol. The van der Waals surface area contributed by atoms with Gasteiger partial charge in [-0.1, -0.05) is 37.9 Å². The standard InChI is InChI=1S/C14H22N2O3S2/c1-4-5-6-7-9(2)15-11(17)8-20-14-16-10(3)12(21-14)13(18)19/h9H,4-8H2,1-3H3,(H,15,17)(H,18,19). The molecule has 1 aromatic rings. The number of thiazole rings is 1. The van der Waals surface area contributed by atoms with Gasteiger partial charge in [-0.05, 0) is 20.3 Å². The Morgan fingerprint density at radius 1 is 1.43 bits per heavy atom. The lowest BCUT2D eigenvalue weighted by Crippen LogP contribution is -2.33. The third kappa shape index (κ3) is 6.48. The van der Waals surface area contributed by atoms with Crippen LogP contribution < -0.4 is 5.32 Å². The van der Waals surface area contributed by atoms with E-state index >= 15 is 0 Å². The molecule has 0 bridgehead atoms. The average Bonchev–Trinajstić information content (AvgIpc) is 2.78. The lowest BCUT2D eigenvalue weighted by atomic mass is 10.1. The summed E-state index contributed by atoms with van der Waals surface area (Å²) in [4.78, 5) is 27.1. The molecule has 0 aliphatic rings. The molecule has 0 saturated heterocycles. The van der Waals surface area contributed by atoms with E-state index < -0.39 is 5.97 Å². The van der Waals surface area contributed by atoms with Gasteiger partial charge in [0.2, 0.25) is 5.91 Å². The normalized spacial score (nSPS) is 12.1. The van der Waals surface area contributed by atoms with E-state index in [9.17, 15) is 9.59 Å². The van der Waals surface area contributed by atoms with Gasteiger partial charge in [0.05, 0.1) is 11.4 Å². The fourth-order valence-electron chi connectivity index (χ4n) is 1.85. The van der Waals surface area contributed by atoms with Crippen LogP contribution in [0.4, 0.5) is 0 Å². The molecule has 0 saturated carbocycles. The van der Waals surface area contributed by atoms with Crippen LogP contribution >= 0.6 is 23.1 Å². The van der Waals surface area contributed by atoms with Crippen molar-refractivity contribution < 1.29 is 14.7 Å². The van der Waals surface area contributed by atoms with Crippen molar-refractivity contribution in [1.29, 1.82) is 0 Å². The molecule has 21 heavy (non-hydrogen) atoms. The molecule has 7 heteroatoms. The zero-order valence-corrected chi connectivity index (χ0v) is 14.3. The van der Waals surface area contributed by atoms with E-state index in [-0.39, 0.29) is 22.6 Å². The molecule has 1 rings (SSSR count). The van der Waals surface area contributed by atoms with Crippen LogP contribution in [0.3, 0.4) is 0 Å². The number of aryl methyl sites for hydroxylation is 1. The number of carboxylic acid groups (broad SMARTS) is 1. The maximum atomic E-state index is 11.8. The van der Waals surface area contributed by atoms with Gasteiger partial charge in [0, 0.05) is 6.04 Å². The number of unbranched alkanes of at least 4 members (excludes halogenated alkanes) is 2. The van der Waals surface area contributed by atoms with Crippen LogP contribution in [0, 0.1) is 6.92 Å². The van der Waals surface area contributed by atoms with Crippen LogP contribution in [0.1, 0.15) is 54.9 Å². The number of carbonyl (C=O) groups excluding carboxylic acids is 1. The van der Waals surface area contributed by atoms with Crippen LogP contribution in [-0.2, 0) is 4.79 Å². The highest BCUT2D eigenvalue weighted by molar-refractivity contribution is 8.01. The third-order valence-electron chi connectivity index (χ3n) is 2.95. The van der Waals surface area contributed by atoms with Gasteiger partial charge in [-0.2, -0.15) is 0 Å². The molecule has 1 heterocycles. The van der Waals surface area contributed by atoms with Crippen molar-refractivity contribution in [3.8, 4) is 0 Å². The van der Waals surface area contributed by atoms with Crippen LogP contribution in [0.2, 0.25) is 0 Å². The zero-order chi connectivity index (χ0) is 15.8. The predicted octanol–water partition coefficient (Wildman–Crippen LogP) is 3.33. The van der Waals surface area contributed by atoms with Gasteiger partial charge >= 0.3 is 5.97 Å². The summed E-state index contributed by atoms with van der Waals surface area (Å²) in [5.41, 5.74) is 0.503. The number of nitrogens with one attached hydrogen (secondary N) is 1. The van der Waals surface area contributed by atoms with E-state index in [1.165, 1.54) is 24.6 Å². The van der Waals surface area contributed by atoms with E-state index in [0.29, 0.717) is 10.0 Å². The minimum Gasteiger partial charge on any atom is -0.477 e. The van der Waals surface area contributed by atoms with E-state index in [4.69, 9.17) is 5.11 Å².